The lowest BCUT2D eigenvalue weighted by molar-refractivity contribution is 0.0947. The Labute approximate surface area is 140 Å². The van der Waals surface area contributed by atoms with Gasteiger partial charge in [-0.2, -0.15) is 0 Å². The van der Waals surface area contributed by atoms with Gasteiger partial charge in [-0.1, -0.05) is 16.9 Å². The number of nitrogens with one attached hydrogen (secondary N) is 1. The van der Waals surface area contributed by atoms with Crippen molar-refractivity contribution in [3.8, 4) is 0 Å². The van der Waals surface area contributed by atoms with E-state index in [2.05, 4.69) is 15.5 Å². The smallest absolute Gasteiger partial charge is 0.254 e. The predicted molar refractivity (Wildman–Crippen MR) is 88.5 cm³/mol. The average Bonchev–Trinajstić information content (AvgIpc) is 2.98. The van der Waals surface area contributed by atoms with E-state index in [-0.39, 0.29) is 5.91 Å². The molecule has 2 heterocycles. The highest BCUT2D eigenvalue weighted by Gasteiger charge is 2.13. The first-order chi connectivity index (χ1) is 11.2. The highest BCUT2D eigenvalue weighted by Crippen LogP contribution is 2.24. The van der Waals surface area contributed by atoms with E-state index in [1.165, 1.54) is 11.8 Å². The van der Waals surface area contributed by atoms with E-state index in [9.17, 15) is 4.79 Å². The maximum absolute atomic E-state index is 12.3. The van der Waals surface area contributed by atoms with E-state index in [1.54, 1.807) is 25.4 Å². The van der Waals surface area contributed by atoms with Gasteiger partial charge in [0.15, 0.2) is 0 Å². The van der Waals surface area contributed by atoms with Crippen molar-refractivity contribution in [2.45, 2.75) is 30.5 Å². The van der Waals surface area contributed by atoms with Gasteiger partial charge in [0.25, 0.3) is 5.91 Å². The molecule has 0 atom stereocenters. The average molecular weight is 335 g/mol. The molecule has 0 spiro atoms. The molecular formula is C16H21N3O3S. The van der Waals surface area contributed by atoms with Crippen LogP contribution in [0.25, 0.3) is 0 Å². The number of ether oxygens (including phenoxy) is 1. The lowest BCUT2D eigenvalue weighted by Gasteiger charge is -2.08. The highest BCUT2D eigenvalue weighted by atomic mass is 32.2. The zero-order chi connectivity index (χ0) is 16.5. The molecule has 0 saturated heterocycles. The van der Waals surface area contributed by atoms with Gasteiger partial charge in [-0.05, 0) is 31.9 Å². The van der Waals surface area contributed by atoms with Crippen molar-refractivity contribution >= 4 is 17.7 Å². The Morgan fingerprint density at radius 1 is 1.43 bits per heavy atom. The molecule has 0 aliphatic rings. The number of thioether (sulfide) groups is 1. The first kappa shape index (κ1) is 17.5. The summed E-state index contributed by atoms with van der Waals surface area (Å²) >= 11 is 1.47. The zero-order valence-electron chi connectivity index (χ0n) is 13.4. The van der Waals surface area contributed by atoms with Gasteiger partial charge in [0.05, 0.1) is 11.3 Å². The van der Waals surface area contributed by atoms with Crippen molar-refractivity contribution in [2.24, 2.45) is 0 Å². The van der Waals surface area contributed by atoms with Crippen LogP contribution in [0.4, 0.5) is 0 Å². The predicted octanol–water partition coefficient (Wildman–Crippen LogP) is 2.83. The number of pyridine rings is 1. The van der Waals surface area contributed by atoms with Crippen LogP contribution >= 0.6 is 11.8 Å². The van der Waals surface area contributed by atoms with E-state index >= 15 is 0 Å². The van der Waals surface area contributed by atoms with Crippen molar-refractivity contribution in [3.63, 3.8) is 0 Å². The molecule has 0 radical (unpaired) electrons. The standard InChI is InChI=1S/C16H21N3O3S/c1-12-10-13(19-22-12)11-23-16-14(6-5-8-18-16)15(20)17-7-3-4-9-21-2/h5-6,8,10H,3-4,7,9,11H2,1-2H3,(H,17,20). The topological polar surface area (TPSA) is 77.2 Å². The molecular weight excluding hydrogens is 314 g/mol. The first-order valence-corrected chi connectivity index (χ1v) is 8.46. The normalized spacial score (nSPS) is 10.7. The van der Waals surface area contributed by atoms with Crippen molar-refractivity contribution in [3.05, 3.63) is 41.4 Å². The van der Waals surface area contributed by atoms with Crippen LogP contribution in [0.5, 0.6) is 0 Å². The minimum Gasteiger partial charge on any atom is -0.385 e. The van der Waals surface area contributed by atoms with Gasteiger partial charge in [-0.25, -0.2) is 4.98 Å². The van der Waals surface area contributed by atoms with Crippen LogP contribution in [0.1, 0.15) is 34.7 Å². The molecule has 0 unspecified atom stereocenters. The molecule has 0 aromatic carbocycles. The minimum absolute atomic E-state index is 0.102. The molecule has 1 amide bonds. The monoisotopic (exact) mass is 335 g/mol. The molecule has 2 rings (SSSR count). The van der Waals surface area contributed by atoms with Crippen molar-refractivity contribution in [1.82, 2.24) is 15.5 Å². The van der Waals surface area contributed by atoms with E-state index in [0.29, 0.717) is 29.5 Å². The van der Waals surface area contributed by atoms with E-state index < -0.39 is 0 Å². The number of carbonyl (C=O) groups is 1. The Morgan fingerprint density at radius 2 is 2.30 bits per heavy atom. The quantitative estimate of drug-likeness (QED) is 0.561. The number of hydrogen-bond acceptors (Lipinski definition) is 6. The molecule has 124 valence electrons. The second-order valence-electron chi connectivity index (χ2n) is 5.03. The summed E-state index contributed by atoms with van der Waals surface area (Å²) in [6.45, 7) is 3.19. The lowest BCUT2D eigenvalue weighted by Crippen LogP contribution is -2.25. The molecule has 7 heteroatoms. The van der Waals surface area contributed by atoms with E-state index in [1.807, 2.05) is 13.0 Å². The summed E-state index contributed by atoms with van der Waals surface area (Å²) < 4.78 is 10.0. The fourth-order valence-electron chi connectivity index (χ4n) is 1.98. The van der Waals surface area contributed by atoms with Crippen LogP contribution in [0.3, 0.4) is 0 Å². The summed E-state index contributed by atoms with van der Waals surface area (Å²) in [4.78, 5) is 16.6. The number of rotatable bonds is 9. The Morgan fingerprint density at radius 3 is 3.04 bits per heavy atom. The third-order valence-corrected chi connectivity index (χ3v) is 4.15. The SMILES string of the molecule is COCCCCNC(=O)c1cccnc1SCc1cc(C)on1. The summed E-state index contributed by atoms with van der Waals surface area (Å²) in [5.74, 6) is 1.28. The molecule has 0 aliphatic heterocycles. The fourth-order valence-corrected chi connectivity index (χ4v) is 2.85. The Kier molecular flexibility index (Phi) is 7.09. The maximum Gasteiger partial charge on any atom is 0.254 e. The Balaban J connectivity index is 1.89. The molecule has 6 nitrogen and oxygen atoms in total. The highest BCUT2D eigenvalue weighted by molar-refractivity contribution is 7.98. The summed E-state index contributed by atoms with van der Waals surface area (Å²) in [5, 5.41) is 7.56. The number of amides is 1. The Bertz CT molecular complexity index is 631. The summed E-state index contributed by atoms with van der Waals surface area (Å²) in [5.41, 5.74) is 1.42. The van der Waals surface area contributed by atoms with Gasteiger partial charge in [-0.3, -0.25) is 4.79 Å². The summed E-state index contributed by atoms with van der Waals surface area (Å²) in [6.07, 6.45) is 3.50. The third kappa shape index (κ3) is 5.69. The third-order valence-electron chi connectivity index (χ3n) is 3.11. The van der Waals surface area contributed by atoms with Gasteiger partial charge in [-0.15, -0.1) is 0 Å². The molecule has 0 fully saturated rings. The molecule has 0 bridgehead atoms. The summed E-state index contributed by atoms with van der Waals surface area (Å²) in [7, 11) is 1.67. The number of methoxy groups -OCH3 is 1. The second kappa shape index (κ2) is 9.32. The number of aromatic nitrogens is 2. The van der Waals surface area contributed by atoms with E-state index in [4.69, 9.17) is 9.26 Å². The van der Waals surface area contributed by atoms with Crippen LogP contribution in [-0.2, 0) is 10.5 Å². The Hall–Kier alpha value is -1.86. The second-order valence-corrected chi connectivity index (χ2v) is 5.99. The van der Waals surface area contributed by atoms with Crippen LogP contribution in [0.15, 0.2) is 33.9 Å². The molecule has 23 heavy (non-hydrogen) atoms. The maximum atomic E-state index is 12.3. The van der Waals surface area contributed by atoms with Crippen LogP contribution in [0, 0.1) is 6.92 Å². The molecule has 2 aromatic heterocycles. The molecule has 2 aromatic rings. The zero-order valence-corrected chi connectivity index (χ0v) is 14.2. The molecule has 1 N–H and O–H groups in total. The van der Waals surface area contributed by atoms with Crippen LogP contribution in [0.2, 0.25) is 0 Å². The van der Waals surface area contributed by atoms with Crippen molar-refractivity contribution in [2.75, 3.05) is 20.3 Å². The number of carbonyl (C=O) groups excluding carboxylic acids is 1. The van der Waals surface area contributed by atoms with E-state index in [0.717, 1.165) is 24.3 Å². The number of unbranched alkanes of at least 4 members (excludes halogenated alkanes) is 1. The van der Waals surface area contributed by atoms with Gasteiger partial charge < -0.3 is 14.6 Å². The van der Waals surface area contributed by atoms with Gasteiger partial charge in [0.2, 0.25) is 0 Å². The van der Waals surface area contributed by atoms with Crippen molar-refractivity contribution in [1.29, 1.82) is 0 Å². The first-order valence-electron chi connectivity index (χ1n) is 7.48. The van der Waals surface area contributed by atoms with Gasteiger partial charge >= 0.3 is 0 Å². The number of aryl methyl sites for hydroxylation is 1. The number of hydrogen-bond donors (Lipinski definition) is 1. The number of nitrogens with zero attached hydrogens (tertiary/aromatic N) is 2. The van der Waals surface area contributed by atoms with Crippen molar-refractivity contribution < 1.29 is 14.1 Å². The van der Waals surface area contributed by atoms with Crippen LogP contribution < -0.4 is 5.32 Å². The minimum atomic E-state index is -0.102. The van der Waals surface area contributed by atoms with Gasteiger partial charge in [0, 0.05) is 38.3 Å². The van der Waals surface area contributed by atoms with Crippen LogP contribution in [-0.4, -0.2) is 36.3 Å². The molecule has 0 aliphatic carbocycles. The fraction of sp³-hybridized carbons (Fsp3) is 0.438. The van der Waals surface area contributed by atoms with Gasteiger partial charge in [0.1, 0.15) is 10.8 Å². The molecule has 0 saturated carbocycles. The summed E-state index contributed by atoms with van der Waals surface area (Å²) in [6, 6.07) is 5.43. The largest absolute Gasteiger partial charge is 0.385 e. The lowest BCUT2D eigenvalue weighted by atomic mass is 10.2.